The van der Waals surface area contributed by atoms with E-state index in [2.05, 4.69) is 5.32 Å². The van der Waals surface area contributed by atoms with Gasteiger partial charge in [-0.25, -0.2) is 0 Å². The monoisotopic (exact) mass is 237 g/mol. The predicted molar refractivity (Wildman–Crippen MR) is 61.8 cm³/mol. The second-order valence-corrected chi connectivity index (χ2v) is 3.47. The van der Waals surface area contributed by atoms with E-state index in [1.54, 1.807) is 18.2 Å². The molecule has 5 nitrogen and oxygen atoms in total. The first-order valence-corrected chi connectivity index (χ1v) is 4.84. The largest absolute Gasteiger partial charge is 0.454 e. The van der Waals surface area contributed by atoms with Gasteiger partial charge in [-0.15, -0.1) is 0 Å². The average Bonchev–Trinajstić information content (AvgIpc) is 2.63. The average molecular weight is 237 g/mol. The lowest BCUT2D eigenvalue weighted by Gasteiger charge is -2.02. The predicted octanol–water partition coefficient (Wildman–Crippen LogP) is 1.26. The number of imide groups is 1. The van der Waals surface area contributed by atoms with Gasteiger partial charge in [0.15, 0.2) is 11.5 Å². The Morgan fingerprint density at radius 3 is 2.71 bits per heavy atom. The van der Waals surface area contributed by atoms with Crippen LogP contribution in [-0.4, -0.2) is 18.6 Å². The number of benzene rings is 1. The van der Waals surface area contributed by atoms with Gasteiger partial charge in [0.05, 0.1) is 6.42 Å². The Labute approximate surface area is 99.7 Å². The van der Waals surface area contributed by atoms with E-state index >= 15 is 0 Å². The fraction of sp³-hybridized carbons (Fsp3) is 0.333. The zero-order valence-corrected chi connectivity index (χ0v) is 8.78. The van der Waals surface area contributed by atoms with Crippen molar-refractivity contribution in [3.63, 3.8) is 0 Å². The van der Waals surface area contributed by atoms with E-state index < -0.39 is 0 Å². The number of nitrogens with one attached hydrogen (secondary N) is 1. The first kappa shape index (κ1) is 13.0. The maximum absolute atomic E-state index is 11.3. The molecule has 92 valence electrons. The molecule has 0 saturated carbocycles. The molecule has 0 aliphatic carbocycles. The Morgan fingerprint density at radius 2 is 2.00 bits per heavy atom. The summed E-state index contributed by atoms with van der Waals surface area (Å²) in [5, 5.41) is 2.21. The van der Waals surface area contributed by atoms with Crippen LogP contribution in [0, 0.1) is 0 Å². The summed E-state index contributed by atoms with van der Waals surface area (Å²) in [7, 11) is 0. The summed E-state index contributed by atoms with van der Waals surface area (Å²) in [5.41, 5.74) is 0.781. The standard InChI is InChI=1S/C11H11NO4.CH4/c1-7(13)12-11(14)5-8-2-3-9-10(4-8)16-6-15-9;/h2-4H,5-6H2,1H3,(H,12,13,14);1H4. The van der Waals surface area contributed by atoms with Gasteiger partial charge >= 0.3 is 0 Å². The van der Waals surface area contributed by atoms with Gasteiger partial charge in [-0.2, -0.15) is 0 Å². The zero-order valence-electron chi connectivity index (χ0n) is 8.78. The van der Waals surface area contributed by atoms with E-state index in [4.69, 9.17) is 9.47 Å². The SMILES string of the molecule is C.CC(=O)NC(=O)Cc1ccc2c(c1)OCO2. The van der Waals surface area contributed by atoms with Crippen molar-refractivity contribution in [3.8, 4) is 11.5 Å². The number of carbonyl (C=O) groups excluding carboxylic acids is 2. The van der Waals surface area contributed by atoms with Crippen LogP contribution < -0.4 is 14.8 Å². The highest BCUT2D eigenvalue weighted by atomic mass is 16.7. The van der Waals surface area contributed by atoms with E-state index in [-0.39, 0.29) is 32.5 Å². The highest BCUT2D eigenvalue weighted by Gasteiger charge is 2.14. The summed E-state index contributed by atoms with van der Waals surface area (Å²) in [6.07, 6.45) is 0.149. The van der Waals surface area contributed by atoms with Crippen LogP contribution in [0.25, 0.3) is 0 Å². The van der Waals surface area contributed by atoms with Crippen molar-refractivity contribution in [1.29, 1.82) is 0 Å². The van der Waals surface area contributed by atoms with E-state index in [0.29, 0.717) is 11.5 Å². The summed E-state index contributed by atoms with van der Waals surface area (Å²) in [5.74, 6) is 0.626. The van der Waals surface area contributed by atoms with Crippen LogP contribution in [0.4, 0.5) is 0 Å². The fourth-order valence-electron chi connectivity index (χ4n) is 1.48. The molecule has 2 rings (SSSR count). The smallest absolute Gasteiger partial charge is 0.231 e. The second-order valence-electron chi connectivity index (χ2n) is 3.47. The Hall–Kier alpha value is -2.04. The van der Waals surface area contributed by atoms with Crippen LogP contribution in [0.15, 0.2) is 18.2 Å². The number of ether oxygens (including phenoxy) is 2. The quantitative estimate of drug-likeness (QED) is 0.841. The molecule has 0 unspecified atom stereocenters. The highest BCUT2D eigenvalue weighted by Crippen LogP contribution is 2.32. The topological polar surface area (TPSA) is 64.6 Å². The molecule has 1 heterocycles. The number of hydrogen-bond donors (Lipinski definition) is 1. The molecule has 17 heavy (non-hydrogen) atoms. The van der Waals surface area contributed by atoms with Crippen LogP contribution in [0.5, 0.6) is 11.5 Å². The van der Waals surface area contributed by atoms with Crippen LogP contribution >= 0.6 is 0 Å². The van der Waals surface area contributed by atoms with Crippen LogP contribution in [0.2, 0.25) is 0 Å². The maximum atomic E-state index is 11.3. The molecule has 0 aromatic heterocycles. The van der Waals surface area contributed by atoms with Gasteiger partial charge < -0.3 is 9.47 Å². The third-order valence-corrected chi connectivity index (χ3v) is 2.12. The van der Waals surface area contributed by atoms with E-state index in [0.717, 1.165) is 5.56 Å². The lowest BCUT2D eigenvalue weighted by Crippen LogP contribution is -2.29. The van der Waals surface area contributed by atoms with Crippen LogP contribution in [0.3, 0.4) is 0 Å². The molecular formula is C12H15NO4. The second kappa shape index (κ2) is 5.34. The Morgan fingerprint density at radius 1 is 1.29 bits per heavy atom. The third kappa shape index (κ3) is 3.21. The number of fused-ring (bicyclic) bond motifs is 1. The van der Waals surface area contributed by atoms with Gasteiger partial charge in [0.25, 0.3) is 0 Å². The third-order valence-electron chi connectivity index (χ3n) is 2.12. The molecule has 1 aromatic carbocycles. The van der Waals surface area contributed by atoms with Crippen LogP contribution in [0.1, 0.15) is 19.9 Å². The van der Waals surface area contributed by atoms with Crippen molar-refractivity contribution in [2.75, 3.05) is 6.79 Å². The zero-order chi connectivity index (χ0) is 11.5. The summed E-state index contributed by atoms with van der Waals surface area (Å²) >= 11 is 0. The van der Waals surface area contributed by atoms with Crippen molar-refractivity contribution < 1.29 is 19.1 Å². The molecule has 5 heteroatoms. The lowest BCUT2D eigenvalue weighted by atomic mass is 10.1. The fourth-order valence-corrected chi connectivity index (χ4v) is 1.48. The van der Waals surface area contributed by atoms with E-state index in [1.165, 1.54) is 6.92 Å². The number of rotatable bonds is 2. The van der Waals surface area contributed by atoms with Gasteiger partial charge in [0.2, 0.25) is 18.6 Å². The number of carbonyl (C=O) groups is 2. The minimum Gasteiger partial charge on any atom is -0.454 e. The molecule has 2 amide bonds. The van der Waals surface area contributed by atoms with Gasteiger partial charge in [-0.1, -0.05) is 13.5 Å². The van der Waals surface area contributed by atoms with Gasteiger partial charge in [-0.05, 0) is 17.7 Å². The highest BCUT2D eigenvalue weighted by molar-refractivity contribution is 5.94. The molecule has 1 aliphatic heterocycles. The van der Waals surface area contributed by atoms with Crippen molar-refractivity contribution >= 4 is 11.8 Å². The van der Waals surface area contributed by atoms with E-state index in [9.17, 15) is 9.59 Å². The maximum Gasteiger partial charge on any atom is 0.231 e. The minimum absolute atomic E-state index is 0. The number of amides is 2. The summed E-state index contributed by atoms with van der Waals surface area (Å²) in [6.45, 7) is 1.51. The molecule has 1 N–H and O–H groups in total. The molecule has 0 atom stereocenters. The van der Waals surface area contributed by atoms with Crippen LogP contribution in [-0.2, 0) is 16.0 Å². The summed E-state index contributed by atoms with van der Waals surface area (Å²) < 4.78 is 10.3. The summed E-state index contributed by atoms with van der Waals surface area (Å²) in [4.78, 5) is 22.0. The van der Waals surface area contributed by atoms with Gasteiger partial charge in [0, 0.05) is 6.92 Å². The molecular weight excluding hydrogens is 222 g/mol. The molecule has 1 aliphatic rings. The van der Waals surface area contributed by atoms with Crippen molar-refractivity contribution in [1.82, 2.24) is 5.32 Å². The molecule has 0 fully saturated rings. The molecule has 1 aromatic rings. The first-order chi connectivity index (χ1) is 7.65. The molecule has 0 bridgehead atoms. The van der Waals surface area contributed by atoms with Gasteiger partial charge in [-0.3, -0.25) is 14.9 Å². The van der Waals surface area contributed by atoms with Gasteiger partial charge in [0.1, 0.15) is 0 Å². The minimum atomic E-state index is -0.356. The first-order valence-electron chi connectivity index (χ1n) is 4.84. The molecule has 0 radical (unpaired) electrons. The van der Waals surface area contributed by atoms with Crippen molar-refractivity contribution in [2.45, 2.75) is 20.8 Å². The Kier molecular flexibility index (Phi) is 4.09. The summed E-state index contributed by atoms with van der Waals surface area (Å²) in [6, 6.07) is 5.26. The van der Waals surface area contributed by atoms with Crippen molar-refractivity contribution in [2.24, 2.45) is 0 Å². The molecule has 0 saturated heterocycles. The lowest BCUT2D eigenvalue weighted by molar-refractivity contribution is -0.128. The Balaban J connectivity index is 0.00000144. The molecule has 0 spiro atoms. The normalized spacial score (nSPS) is 11.6. The van der Waals surface area contributed by atoms with Crippen molar-refractivity contribution in [3.05, 3.63) is 23.8 Å². The Bertz CT molecular complexity index is 442. The van der Waals surface area contributed by atoms with E-state index in [1.807, 2.05) is 0 Å². The number of hydrogen-bond acceptors (Lipinski definition) is 4.